The van der Waals surface area contributed by atoms with Gasteiger partial charge in [0.15, 0.2) is 0 Å². The number of hydrogen-bond donors (Lipinski definition) is 4. The largest absolute Gasteiger partial charge is 0.478 e. The molecule has 226 valence electrons. The van der Waals surface area contributed by atoms with Crippen molar-refractivity contribution in [1.82, 2.24) is 14.5 Å². The van der Waals surface area contributed by atoms with Crippen molar-refractivity contribution < 1.29 is 18.3 Å². The predicted octanol–water partition coefficient (Wildman–Crippen LogP) is 4.57. The lowest BCUT2D eigenvalue weighted by molar-refractivity contribution is 0.0698. The number of nitrogens with one attached hydrogen (secondary N) is 2. The SMILES string of the molecule is CC(=N)N1CCC(N(c2cc(C(=O)O)c3nc(C(C)C)n(Cc4ccc5ccc(C(=N)N)cc5c4)c3c2)S(C)(=O)=O)CC1. The average Bonchev–Trinajstić information content (AvgIpc) is 3.30. The molecule has 1 aromatic heterocycles. The molecule has 11 nitrogen and oxygen atoms in total. The first kappa shape index (κ1) is 30.0. The third kappa shape index (κ3) is 5.92. The summed E-state index contributed by atoms with van der Waals surface area (Å²) in [6, 6.07) is 14.4. The maximum absolute atomic E-state index is 13.2. The molecule has 0 atom stereocenters. The van der Waals surface area contributed by atoms with E-state index in [9.17, 15) is 18.3 Å². The summed E-state index contributed by atoms with van der Waals surface area (Å²) in [5.41, 5.74) is 8.35. The number of aromatic carboxylic acids is 1. The van der Waals surface area contributed by atoms with Crippen LogP contribution in [0.1, 0.15) is 66.8 Å². The Bertz CT molecular complexity index is 1870. The highest BCUT2D eigenvalue weighted by molar-refractivity contribution is 7.92. The van der Waals surface area contributed by atoms with Gasteiger partial charge in [0.2, 0.25) is 10.0 Å². The number of fused-ring (bicyclic) bond motifs is 2. The van der Waals surface area contributed by atoms with Crippen molar-refractivity contribution in [3.05, 3.63) is 71.0 Å². The Morgan fingerprint density at radius 2 is 1.77 bits per heavy atom. The van der Waals surface area contributed by atoms with Gasteiger partial charge in [-0.3, -0.25) is 15.1 Å². The number of hydrogen-bond acceptors (Lipinski definition) is 6. The summed E-state index contributed by atoms with van der Waals surface area (Å²) in [5, 5.41) is 27.9. The zero-order valence-corrected chi connectivity index (χ0v) is 25.6. The summed E-state index contributed by atoms with van der Waals surface area (Å²) in [7, 11) is -3.77. The van der Waals surface area contributed by atoms with Crippen molar-refractivity contribution in [2.75, 3.05) is 23.7 Å². The third-order valence-electron chi connectivity index (χ3n) is 8.05. The van der Waals surface area contributed by atoms with Crippen LogP contribution in [-0.4, -0.2) is 71.0 Å². The lowest BCUT2D eigenvalue weighted by Crippen LogP contribution is -2.48. The average molecular weight is 604 g/mol. The molecule has 43 heavy (non-hydrogen) atoms. The smallest absolute Gasteiger partial charge is 0.338 e. The molecular formula is C31H37N7O4S. The van der Waals surface area contributed by atoms with Gasteiger partial charge in [0.05, 0.1) is 28.9 Å². The number of imidazole rings is 1. The van der Waals surface area contributed by atoms with E-state index in [-0.39, 0.29) is 23.4 Å². The van der Waals surface area contributed by atoms with Gasteiger partial charge in [0, 0.05) is 37.2 Å². The summed E-state index contributed by atoms with van der Waals surface area (Å²) in [6.45, 7) is 7.15. The van der Waals surface area contributed by atoms with Gasteiger partial charge >= 0.3 is 5.97 Å². The van der Waals surface area contributed by atoms with Crippen LogP contribution in [0.25, 0.3) is 21.8 Å². The predicted molar refractivity (Wildman–Crippen MR) is 170 cm³/mol. The number of nitrogens with zero attached hydrogens (tertiary/aromatic N) is 4. The van der Waals surface area contributed by atoms with E-state index in [0.29, 0.717) is 66.4 Å². The molecule has 3 aromatic carbocycles. The second kappa shape index (κ2) is 11.3. The second-order valence-corrected chi connectivity index (χ2v) is 13.4. The van der Waals surface area contributed by atoms with Crippen LogP contribution in [0.3, 0.4) is 0 Å². The molecule has 1 fully saturated rings. The molecule has 0 unspecified atom stereocenters. The first-order valence-electron chi connectivity index (χ1n) is 14.2. The fraction of sp³-hybridized carbons (Fsp3) is 0.355. The van der Waals surface area contributed by atoms with E-state index >= 15 is 0 Å². The van der Waals surface area contributed by atoms with Crippen molar-refractivity contribution in [3.8, 4) is 0 Å². The number of likely N-dealkylation sites (tertiary alicyclic amines) is 1. The molecule has 4 aromatic rings. The number of nitrogens with two attached hydrogens (primary N) is 1. The highest BCUT2D eigenvalue weighted by Gasteiger charge is 2.32. The van der Waals surface area contributed by atoms with Crippen LogP contribution in [0.15, 0.2) is 48.5 Å². The van der Waals surface area contributed by atoms with E-state index in [1.807, 2.05) is 59.7 Å². The number of sulfonamides is 1. The van der Waals surface area contributed by atoms with Gasteiger partial charge in [-0.2, -0.15) is 0 Å². The Morgan fingerprint density at radius 3 is 2.35 bits per heavy atom. The molecule has 2 heterocycles. The van der Waals surface area contributed by atoms with Crippen LogP contribution >= 0.6 is 0 Å². The number of benzene rings is 3. The summed E-state index contributed by atoms with van der Waals surface area (Å²) in [5.74, 6) is -0.111. The second-order valence-electron chi connectivity index (χ2n) is 11.5. The number of anilines is 1. The summed E-state index contributed by atoms with van der Waals surface area (Å²) in [6.07, 6.45) is 2.17. The molecule has 0 saturated carbocycles. The van der Waals surface area contributed by atoms with Gasteiger partial charge in [0.1, 0.15) is 17.2 Å². The van der Waals surface area contributed by atoms with Crippen molar-refractivity contribution in [1.29, 1.82) is 10.8 Å². The molecular weight excluding hydrogens is 566 g/mol. The zero-order chi connectivity index (χ0) is 31.2. The number of carbonyl (C=O) groups is 1. The van der Waals surface area contributed by atoms with Crippen LogP contribution in [0.2, 0.25) is 0 Å². The molecule has 1 aliphatic rings. The quantitative estimate of drug-likeness (QED) is 0.169. The highest BCUT2D eigenvalue weighted by Crippen LogP contribution is 2.34. The normalized spacial score (nSPS) is 14.5. The molecule has 5 N–H and O–H groups in total. The number of aromatic nitrogens is 2. The molecule has 12 heteroatoms. The van der Waals surface area contributed by atoms with Crippen molar-refractivity contribution in [2.24, 2.45) is 5.73 Å². The Labute approximate surface area is 251 Å². The maximum atomic E-state index is 13.2. The van der Waals surface area contributed by atoms with Crippen LogP contribution < -0.4 is 10.0 Å². The van der Waals surface area contributed by atoms with Gasteiger partial charge in [-0.05, 0) is 60.4 Å². The number of rotatable bonds is 8. The number of carboxylic acid groups (broad SMARTS) is 1. The van der Waals surface area contributed by atoms with E-state index < -0.39 is 16.0 Å². The lowest BCUT2D eigenvalue weighted by atomic mass is 10.0. The monoisotopic (exact) mass is 603 g/mol. The minimum absolute atomic E-state index is 0.0159. The first-order chi connectivity index (χ1) is 20.2. The van der Waals surface area contributed by atoms with Crippen molar-refractivity contribution in [3.63, 3.8) is 0 Å². The molecule has 0 aliphatic carbocycles. The summed E-state index contributed by atoms with van der Waals surface area (Å²) < 4.78 is 29.8. The van der Waals surface area contributed by atoms with Crippen molar-refractivity contribution in [2.45, 2.75) is 52.1 Å². The highest BCUT2D eigenvalue weighted by atomic mass is 32.2. The molecule has 0 bridgehead atoms. The van der Waals surface area contributed by atoms with Crippen LogP contribution in [0.5, 0.6) is 0 Å². The minimum atomic E-state index is -3.77. The Kier molecular flexibility index (Phi) is 7.91. The van der Waals surface area contributed by atoms with E-state index in [1.165, 1.54) is 10.4 Å². The molecule has 1 aliphatic heterocycles. The maximum Gasteiger partial charge on any atom is 0.338 e. The lowest BCUT2D eigenvalue weighted by Gasteiger charge is -2.39. The number of piperidine rings is 1. The fourth-order valence-corrected chi connectivity index (χ4v) is 7.22. The van der Waals surface area contributed by atoms with Crippen LogP contribution in [-0.2, 0) is 16.6 Å². The van der Waals surface area contributed by atoms with E-state index in [2.05, 4.69) is 0 Å². The topological polar surface area (TPSA) is 169 Å². The standard InChI is InChI=1S/C31H37N7O4S/c1-18(2)30-35-28-26(31(39)40)15-25(38(43(4,41)42)24-9-11-36(12-10-24)19(3)32)16-27(28)37(30)17-20-5-6-21-7-8-22(29(33)34)14-23(21)13-20/h5-8,13-16,18,24,32H,9-12,17H2,1-4H3,(H3,33,34)(H,39,40). The first-order valence-corrected chi connectivity index (χ1v) is 16.0. The summed E-state index contributed by atoms with van der Waals surface area (Å²) in [4.78, 5) is 19.2. The molecule has 0 radical (unpaired) electrons. The fourth-order valence-electron chi connectivity index (χ4n) is 5.98. The van der Waals surface area contributed by atoms with Gasteiger partial charge in [-0.1, -0.05) is 38.1 Å². The molecule has 0 amide bonds. The van der Waals surface area contributed by atoms with E-state index in [4.69, 9.17) is 21.5 Å². The number of nitrogen functional groups attached to an aromatic ring is 1. The van der Waals surface area contributed by atoms with Gasteiger partial charge < -0.3 is 20.3 Å². The van der Waals surface area contributed by atoms with E-state index in [1.54, 1.807) is 13.0 Å². The molecule has 5 rings (SSSR count). The molecule has 0 spiro atoms. The number of amidine groups is 2. The zero-order valence-electron chi connectivity index (χ0n) is 24.8. The van der Waals surface area contributed by atoms with Crippen LogP contribution in [0.4, 0.5) is 5.69 Å². The summed E-state index contributed by atoms with van der Waals surface area (Å²) >= 11 is 0. The van der Waals surface area contributed by atoms with Gasteiger partial charge in [0.25, 0.3) is 0 Å². The number of carboxylic acids is 1. The van der Waals surface area contributed by atoms with Crippen molar-refractivity contribution >= 4 is 55.2 Å². The Balaban J connectivity index is 1.66. The molecule has 1 saturated heterocycles. The van der Waals surface area contributed by atoms with Gasteiger partial charge in [-0.15, -0.1) is 0 Å². The van der Waals surface area contributed by atoms with E-state index in [0.717, 1.165) is 22.6 Å². The van der Waals surface area contributed by atoms with Gasteiger partial charge in [-0.25, -0.2) is 18.2 Å². The Morgan fingerprint density at radius 1 is 1.09 bits per heavy atom. The Hall–Kier alpha value is -4.45. The van der Waals surface area contributed by atoms with Crippen LogP contribution in [0, 0.1) is 10.8 Å². The third-order valence-corrected chi connectivity index (χ3v) is 9.28. The minimum Gasteiger partial charge on any atom is -0.478 e.